The smallest absolute Gasteiger partial charge is 0.326 e. The average molecular weight is 360 g/mol. The van der Waals surface area contributed by atoms with Crippen molar-refractivity contribution in [1.82, 2.24) is 10.1 Å². The van der Waals surface area contributed by atoms with E-state index >= 15 is 0 Å². The molecule has 1 N–H and O–H groups in total. The molecule has 0 fully saturated rings. The summed E-state index contributed by atoms with van der Waals surface area (Å²) in [7, 11) is 1.63. The lowest BCUT2D eigenvalue weighted by Gasteiger charge is -2.05. The number of nitrogens with zero attached hydrogens (tertiary/aromatic N) is 2. The summed E-state index contributed by atoms with van der Waals surface area (Å²) in [6, 6.07) is 13.8. The van der Waals surface area contributed by atoms with E-state index in [-0.39, 0.29) is 0 Å². The van der Waals surface area contributed by atoms with Gasteiger partial charge in [0.15, 0.2) is 0 Å². The van der Waals surface area contributed by atoms with E-state index in [2.05, 4.69) is 31.4 Å². The van der Waals surface area contributed by atoms with E-state index in [1.165, 1.54) is 0 Å². The molecule has 1 heterocycles. The minimum Gasteiger partial charge on any atom is -0.497 e. The molecular formula is C16H14BrN3O2. The van der Waals surface area contributed by atoms with Crippen LogP contribution < -0.4 is 10.1 Å². The molecular weight excluding hydrogens is 346 g/mol. The van der Waals surface area contributed by atoms with Crippen molar-refractivity contribution in [3.63, 3.8) is 0 Å². The first kappa shape index (κ1) is 14.6. The van der Waals surface area contributed by atoms with Gasteiger partial charge in [0.2, 0.25) is 5.82 Å². The summed E-state index contributed by atoms with van der Waals surface area (Å²) in [5, 5.41) is 7.11. The van der Waals surface area contributed by atoms with Gasteiger partial charge in [-0.05, 0) is 55.0 Å². The number of benzene rings is 2. The van der Waals surface area contributed by atoms with Crippen LogP contribution in [0.25, 0.3) is 11.4 Å². The Kier molecular flexibility index (Phi) is 4.11. The van der Waals surface area contributed by atoms with E-state index in [0.717, 1.165) is 27.0 Å². The number of hydrogen-bond acceptors (Lipinski definition) is 5. The van der Waals surface area contributed by atoms with Crippen LogP contribution in [0.15, 0.2) is 51.5 Å². The highest BCUT2D eigenvalue weighted by Gasteiger charge is 2.10. The third-order valence-corrected chi connectivity index (χ3v) is 3.70. The van der Waals surface area contributed by atoms with Crippen molar-refractivity contribution in [2.24, 2.45) is 0 Å². The van der Waals surface area contributed by atoms with E-state index in [4.69, 9.17) is 9.26 Å². The maximum atomic E-state index is 5.25. The number of anilines is 2. The lowest BCUT2D eigenvalue weighted by Crippen LogP contribution is -1.93. The Morgan fingerprint density at radius 3 is 2.59 bits per heavy atom. The minimum atomic E-state index is 0.358. The van der Waals surface area contributed by atoms with Crippen LogP contribution in [0.4, 0.5) is 11.7 Å². The van der Waals surface area contributed by atoms with Gasteiger partial charge in [-0.15, -0.1) is 0 Å². The molecule has 5 nitrogen and oxygen atoms in total. The molecule has 0 atom stereocenters. The number of aryl methyl sites for hydroxylation is 1. The summed E-state index contributed by atoms with van der Waals surface area (Å²) in [6.07, 6.45) is 0. The number of hydrogen-bond donors (Lipinski definition) is 1. The highest BCUT2D eigenvalue weighted by Crippen LogP contribution is 2.25. The molecule has 0 bridgehead atoms. The van der Waals surface area contributed by atoms with Crippen molar-refractivity contribution in [3.8, 4) is 17.1 Å². The third kappa shape index (κ3) is 3.12. The Balaban J connectivity index is 1.81. The zero-order chi connectivity index (χ0) is 15.5. The average Bonchev–Trinajstić information content (AvgIpc) is 2.99. The molecule has 1 aromatic heterocycles. The molecule has 0 saturated carbocycles. The van der Waals surface area contributed by atoms with E-state index in [1.54, 1.807) is 7.11 Å². The zero-order valence-electron chi connectivity index (χ0n) is 12.1. The van der Waals surface area contributed by atoms with Crippen LogP contribution >= 0.6 is 15.9 Å². The Morgan fingerprint density at radius 2 is 1.91 bits per heavy atom. The van der Waals surface area contributed by atoms with E-state index in [9.17, 15) is 0 Å². The molecule has 3 rings (SSSR count). The second-order valence-corrected chi connectivity index (χ2v) is 5.65. The molecule has 0 aliphatic carbocycles. The number of nitrogens with one attached hydrogen (secondary N) is 1. The third-order valence-electron chi connectivity index (χ3n) is 3.20. The molecule has 0 aliphatic rings. The van der Waals surface area contributed by atoms with Crippen molar-refractivity contribution in [1.29, 1.82) is 0 Å². The SMILES string of the molecule is COc1ccc(-c2noc(Nc3ccc(Br)cc3C)n2)cc1. The lowest BCUT2D eigenvalue weighted by atomic mass is 10.2. The van der Waals surface area contributed by atoms with Crippen LogP contribution in [0.1, 0.15) is 5.56 Å². The van der Waals surface area contributed by atoms with Gasteiger partial charge in [0.05, 0.1) is 7.11 Å². The van der Waals surface area contributed by atoms with Crippen molar-refractivity contribution in [2.75, 3.05) is 12.4 Å². The molecule has 3 aromatic rings. The zero-order valence-corrected chi connectivity index (χ0v) is 13.7. The van der Waals surface area contributed by atoms with Gasteiger partial charge in [0.25, 0.3) is 0 Å². The minimum absolute atomic E-state index is 0.358. The molecule has 0 unspecified atom stereocenters. The van der Waals surface area contributed by atoms with Crippen molar-refractivity contribution >= 4 is 27.6 Å². The molecule has 0 aliphatic heterocycles. The van der Waals surface area contributed by atoms with Gasteiger partial charge in [-0.2, -0.15) is 4.98 Å². The Hall–Kier alpha value is -2.34. The predicted molar refractivity (Wildman–Crippen MR) is 88.4 cm³/mol. The standard InChI is InChI=1S/C16H14BrN3O2/c1-10-9-12(17)5-8-14(10)18-16-19-15(20-22-16)11-3-6-13(21-2)7-4-11/h3-9H,1-2H3,(H,18,19,20). The summed E-state index contributed by atoms with van der Waals surface area (Å²) in [5.74, 6) is 1.32. The summed E-state index contributed by atoms with van der Waals surface area (Å²) in [6.45, 7) is 2.01. The van der Waals surface area contributed by atoms with Gasteiger partial charge in [0.1, 0.15) is 5.75 Å². The molecule has 0 amide bonds. The maximum Gasteiger partial charge on any atom is 0.326 e. The first-order chi connectivity index (χ1) is 10.7. The van der Waals surface area contributed by atoms with Crippen LogP contribution in [0, 0.1) is 6.92 Å². The molecule has 6 heteroatoms. The quantitative estimate of drug-likeness (QED) is 0.739. The summed E-state index contributed by atoms with van der Waals surface area (Å²) in [5.41, 5.74) is 2.87. The summed E-state index contributed by atoms with van der Waals surface area (Å²) < 4.78 is 11.4. The Morgan fingerprint density at radius 1 is 1.14 bits per heavy atom. The predicted octanol–water partition coefficient (Wildman–Crippen LogP) is 4.56. The number of halogens is 1. The fraction of sp³-hybridized carbons (Fsp3) is 0.125. The number of methoxy groups -OCH3 is 1. The maximum absolute atomic E-state index is 5.25. The molecule has 0 saturated heterocycles. The van der Waals surface area contributed by atoms with E-state index in [1.807, 2.05) is 49.4 Å². The number of ether oxygens (including phenoxy) is 1. The second-order valence-electron chi connectivity index (χ2n) is 4.74. The van der Waals surface area contributed by atoms with Gasteiger partial charge in [-0.25, -0.2) is 0 Å². The van der Waals surface area contributed by atoms with Crippen molar-refractivity contribution < 1.29 is 9.26 Å². The van der Waals surface area contributed by atoms with E-state index < -0.39 is 0 Å². The Labute approximate surface area is 136 Å². The number of rotatable bonds is 4. The Bertz CT molecular complexity index is 784. The fourth-order valence-corrected chi connectivity index (χ4v) is 2.49. The van der Waals surface area contributed by atoms with Crippen LogP contribution in [0.2, 0.25) is 0 Å². The van der Waals surface area contributed by atoms with Crippen molar-refractivity contribution in [3.05, 3.63) is 52.5 Å². The highest BCUT2D eigenvalue weighted by molar-refractivity contribution is 9.10. The molecule has 0 radical (unpaired) electrons. The fourth-order valence-electron chi connectivity index (χ4n) is 2.01. The molecule has 112 valence electrons. The van der Waals surface area contributed by atoms with Gasteiger partial charge in [0, 0.05) is 15.7 Å². The number of aromatic nitrogens is 2. The molecule has 0 spiro atoms. The van der Waals surface area contributed by atoms with Gasteiger partial charge < -0.3 is 14.6 Å². The van der Waals surface area contributed by atoms with Gasteiger partial charge >= 0.3 is 6.01 Å². The topological polar surface area (TPSA) is 60.2 Å². The van der Waals surface area contributed by atoms with Crippen molar-refractivity contribution in [2.45, 2.75) is 6.92 Å². The summed E-state index contributed by atoms with van der Waals surface area (Å²) in [4.78, 5) is 4.35. The lowest BCUT2D eigenvalue weighted by molar-refractivity contribution is 0.415. The van der Waals surface area contributed by atoms with Gasteiger partial charge in [-0.1, -0.05) is 21.1 Å². The monoisotopic (exact) mass is 359 g/mol. The van der Waals surface area contributed by atoms with Crippen LogP contribution in [-0.4, -0.2) is 17.3 Å². The van der Waals surface area contributed by atoms with Crippen LogP contribution in [0.3, 0.4) is 0 Å². The molecule has 2 aromatic carbocycles. The van der Waals surface area contributed by atoms with Gasteiger partial charge in [-0.3, -0.25) is 0 Å². The first-order valence-corrected chi connectivity index (χ1v) is 7.46. The highest BCUT2D eigenvalue weighted by atomic mass is 79.9. The second kappa shape index (κ2) is 6.19. The molecule has 22 heavy (non-hydrogen) atoms. The summed E-state index contributed by atoms with van der Waals surface area (Å²) >= 11 is 3.44. The van der Waals surface area contributed by atoms with Crippen LogP contribution in [0.5, 0.6) is 5.75 Å². The largest absolute Gasteiger partial charge is 0.497 e. The van der Waals surface area contributed by atoms with E-state index in [0.29, 0.717) is 11.8 Å². The normalized spacial score (nSPS) is 10.5. The first-order valence-electron chi connectivity index (χ1n) is 6.67. The van der Waals surface area contributed by atoms with Crippen LogP contribution in [-0.2, 0) is 0 Å².